The molecule has 2 fully saturated rings. The molecule has 2 aliphatic rings. The molecule has 0 aliphatic heterocycles. The smallest absolute Gasteiger partial charge is 0.234 e. The van der Waals surface area contributed by atoms with Crippen molar-refractivity contribution in [2.45, 2.75) is 71.8 Å². The number of hydrogen-bond acceptors (Lipinski definition) is 5. The van der Waals surface area contributed by atoms with Gasteiger partial charge in [-0.3, -0.25) is 5.41 Å². The number of rotatable bonds is 6. The Morgan fingerprint density at radius 1 is 1.16 bits per heavy atom. The third kappa shape index (κ3) is 4.95. The van der Waals surface area contributed by atoms with Gasteiger partial charge in [-0.25, -0.2) is 4.98 Å². The molecule has 5 nitrogen and oxygen atoms in total. The molecule has 32 heavy (non-hydrogen) atoms. The van der Waals surface area contributed by atoms with Gasteiger partial charge in [0.15, 0.2) is 0 Å². The summed E-state index contributed by atoms with van der Waals surface area (Å²) in [6.45, 7) is 9.02. The number of benzene rings is 1. The molecule has 6 heteroatoms. The molecule has 3 N–H and O–H groups in total. The lowest BCUT2D eigenvalue weighted by Gasteiger charge is -2.40. The van der Waals surface area contributed by atoms with E-state index in [9.17, 15) is 0 Å². The fourth-order valence-electron chi connectivity index (χ4n) is 4.62. The van der Waals surface area contributed by atoms with Crippen LogP contribution in [0.1, 0.15) is 75.6 Å². The Labute approximate surface area is 200 Å². The number of nitrogens with zero attached hydrogens (tertiary/aromatic N) is 1. The van der Waals surface area contributed by atoms with Gasteiger partial charge in [0.05, 0.1) is 5.69 Å². The zero-order valence-electron chi connectivity index (χ0n) is 19.8. The summed E-state index contributed by atoms with van der Waals surface area (Å²) in [5, 5.41) is 15.4. The summed E-state index contributed by atoms with van der Waals surface area (Å²) >= 11 is 3.67. The van der Waals surface area contributed by atoms with E-state index in [2.05, 4.69) is 66.4 Å². The highest BCUT2D eigenvalue weighted by molar-refractivity contribution is 9.10. The Morgan fingerprint density at radius 3 is 2.56 bits per heavy atom. The number of aryl methyl sites for hydroxylation is 1. The van der Waals surface area contributed by atoms with Gasteiger partial charge in [-0.1, -0.05) is 36.7 Å². The molecule has 1 aromatic carbocycles. The Bertz CT molecular complexity index is 1020. The van der Waals surface area contributed by atoms with Gasteiger partial charge >= 0.3 is 0 Å². The average molecular weight is 499 g/mol. The number of hydrogen-bond donors (Lipinski definition) is 3. The van der Waals surface area contributed by atoms with Gasteiger partial charge in [-0.15, -0.1) is 0 Å². The predicted molar refractivity (Wildman–Crippen MR) is 136 cm³/mol. The molecule has 2 aliphatic carbocycles. The predicted octanol–water partition coefficient (Wildman–Crippen LogP) is 7.37. The van der Waals surface area contributed by atoms with E-state index >= 15 is 0 Å². The molecular formula is C26H35BrN4O. The van der Waals surface area contributed by atoms with Crippen LogP contribution in [0, 0.1) is 23.7 Å². The molecule has 0 radical (unpaired) electrons. The Kier molecular flexibility index (Phi) is 6.53. The number of aromatic nitrogens is 1. The van der Waals surface area contributed by atoms with Gasteiger partial charge < -0.3 is 15.4 Å². The van der Waals surface area contributed by atoms with Crippen molar-refractivity contribution in [3.05, 3.63) is 45.6 Å². The summed E-state index contributed by atoms with van der Waals surface area (Å²) < 4.78 is 7.31. The third-order valence-electron chi connectivity index (χ3n) is 7.28. The monoisotopic (exact) mass is 498 g/mol. The first-order chi connectivity index (χ1) is 15.2. The van der Waals surface area contributed by atoms with Gasteiger partial charge in [0, 0.05) is 17.2 Å². The van der Waals surface area contributed by atoms with E-state index in [0.717, 1.165) is 40.9 Å². The molecule has 0 saturated heterocycles. The van der Waals surface area contributed by atoms with Gasteiger partial charge in [0.2, 0.25) is 5.90 Å². The third-order valence-corrected chi connectivity index (χ3v) is 8.14. The maximum atomic E-state index is 8.69. The molecule has 1 aromatic heterocycles. The van der Waals surface area contributed by atoms with Crippen LogP contribution in [0.3, 0.4) is 0 Å². The number of pyridine rings is 1. The van der Waals surface area contributed by atoms with Crippen LogP contribution in [0.25, 0.3) is 0 Å². The normalized spacial score (nSPS) is 22.3. The van der Waals surface area contributed by atoms with E-state index in [1.165, 1.54) is 24.0 Å². The van der Waals surface area contributed by atoms with Crippen molar-refractivity contribution < 1.29 is 4.74 Å². The Hall–Kier alpha value is -2.08. The summed E-state index contributed by atoms with van der Waals surface area (Å²) in [5.74, 6) is 2.16. The van der Waals surface area contributed by atoms with Crippen LogP contribution in [0.15, 0.2) is 28.7 Å². The first-order valence-electron chi connectivity index (χ1n) is 11.7. The minimum absolute atomic E-state index is 0.0624. The Balaban J connectivity index is 1.56. The van der Waals surface area contributed by atoms with E-state index < -0.39 is 0 Å². The second kappa shape index (κ2) is 9.05. The van der Waals surface area contributed by atoms with E-state index in [0.29, 0.717) is 17.5 Å². The van der Waals surface area contributed by atoms with Crippen LogP contribution in [0.2, 0.25) is 0 Å². The highest BCUT2D eigenvalue weighted by Gasteiger charge is 2.35. The molecule has 2 unspecified atom stereocenters. The highest BCUT2D eigenvalue weighted by Crippen LogP contribution is 2.45. The molecule has 0 amide bonds. The van der Waals surface area contributed by atoms with Crippen molar-refractivity contribution in [3.8, 4) is 0 Å². The van der Waals surface area contributed by atoms with Gasteiger partial charge in [-0.2, -0.15) is 0 Å². The standard InChI is InChI=1S/C26H35BrN4O/c1-15-12-22(19(13-20(15)27)17-7-8-17)30-23-11-10-21(29-5)24(31-23)25(28)32-18-9-6-16(2)26(3,4)14-18/h10-13,16-18,28-29H,6-9,14H2,1-5H3,(H,30,31). The molecule has 2 atom stereocenters. The lowest BCUT2D eigenvalue weighted by atomic mass is 9.69. The van der Waals surface area contributed by atoms with E-state index in [4.69, 9.17) is 15.1 Å². The molecule has 0 bridgehead atoms. The van der Waals surface area contributed by atoms with Crippen LogP contribution in [-0.2, 0) is 4.74 Å². The van der Waals surface area contributed by atoms with Crippen molar-refractivity contribution >= 4 is 39.0 Å². The van der Waals surface area contributed by atoms with Crippen LogP contribution >= 0.6 is 15.9 Å². The van der Waals surface area contributed by atoms with Crippen molar-refractivity contribution in [1.82, 2.24) is 4.98 Å². The maximum Gasteiger partial charge on any atom is 0.234 e. The fraction of sp³-hybridized carbons (Fsp3) is 0.538. The van der Waals surface area contributed by atoms with Gasteiger partial charge in [-0.05, 0) is 91.7 Å². The Morgan fingerprint density at radius 2 is 1.91 bits per heavy atom. The molecule has 2 saturated carbocycles. The maximum absolute atomic E-state index is 8.69. The second-order valence-corrected chi connectivity index (χ2v) is 11.0. The lowest BCUT2D eigenvalue weighted by Crippen LogP contribution is -2.35. The van der Waals surface area contributed by atoms with Crippen LogP contribution < -0.4 is 10.6 Å². The first-order valence-corrected chi connectivity index (χ1v) is 12.5. The van der Waals surface area contributed by atoms with Crippen LogP contribution in [0.4, 0.5) is 17.2 Å². The number of nitrogens with one attached hydrogen (secondary N) is 3. The lowest BCUT2D eigenvalue weighted by molar-refractivity contribution is 0.0378. The quantitative estimate of drug-likeness (QED) is 0.287. The number of ether oxygens (including phenoxy) is 1. The summed E-state index contributed by atoms with van der Waals surface area (Å²) in [4.78, 5) is 4.79. The van der Waals surface area contributed by atoms with Crippen molar-refractivity contribution in [3.63, 3.8) is 0 Å². The van der Waals surface area contributed by atoms with Crippen LogP contribution in [0.5, 0.6) is 0 Å². The summed E-state index contributed by atoms with van der Waals surface area (Å²) in [6.07, 6.45) is 5.61. The molecular weight excluding hydrogens is 464 g/mol. The molecule has 172 valence electrons. The average Bonchev–Trinajstić information content (AvgIpc) is 3.58. The fourth-order valence-corrected chi connectivity index (χ4v) is 4.98. The van der Waals surface area contributed by atoms with E-state index in [1.54, 1.807) is 0 Å². The van der Waals surface area contributed by atoms with Crippen molar-refractivity contribution in [2.75, 3.05) is 17.7 Å². The second-order valence-electron chi connectivity index (χ2n) is 10.2. The topological polar surface area (TPSA) is 70.0 Å². The number of anilines is 3. The van der Waals surface area contributed by atoms with Gasteiger partial charge in [0.1, 0.15) is 17.6 Å². The SMILES string of the molecule is CNc1ccc(Nc2cc(C)c(Br)cc2C2CC2)nc1C(=N)OC1CCC(C)C(C)(C)C1. The van der Waals surface area contributed by atoms with E-state index in [-0.39, 0.29) is 17.4 Å². The highest BCUT2D eigenvalue weighted by atomic mass is 79.9. The minimum atomic E-state index is 0.0624. The van der Waals surface area contributed by atoms with E-state index in [1.807, 2.05) is 19.2 Å². The first kappa shape index (κ1) is 23.1. The molecule has 0 spiro atoms. The van der Waals surface area contributed by atoms with Crippen molar-refractivity contribution in [1.29, 1.82) is 5.41 Å². The van der Waals surface area contributed by atoms with Crippen molar-refractivity contribution in [2.24, 2.45) is 11.3 Å². The molecule has 1 heterocycles. The van der Waals surface area contributed by atoms with Crippen LogP contribution in [-0.4, -0.2) is 24.0 Å². The minimum Gasteiger partial charge on any atom is -0.473 e. The zero-order chi connectivity index (χ0) is 23.0. The van der Waals surface area contributed by atoms with Gasteiger partial charge in [0.25, 0.3) is 0 Å². The molecule has 4 rings (SSSR count). The largest absolute Gasteiger partial charge is 0.473 e. The summed E-state index contributed by atoms with van der Waals surface area (Å²) in [7, 11) is 1.86. The summed E-state index contributed by atoms with van der Waals surface area (Å²) in [5.41, 5.74) is 5.20. The molecule has 2 aromatic rings. The number of halogens is 1. The zero-order valence-corrected chi connectivity index (χ0v) is 21.4. The summed E-state index contributed by atoms with van der Waals surface area (Å²) in [6, 6.07) is 8.34.